The van der Waals surface area contributed by atoms with Gasteiger partial charge in [0, 0.05) is 23.8 Å². The summed E-state index contributed by atoms with van der Waals surface area (Å²) in [6.07, 6.45) is 1.38. The second kappa shape index (κ2) is 20.2. The van der Waals surface area contributed by atoms with E-state index in [1.165, 1.54) is 6.92 Å². The number of hydrogen-bond acceptors (Lipinski definition) is 14. The van der Waals surface area contributed by atoms with Crippen LogP contribution < -0.4 is 0 Å². The molecule has 0 radical (unpaired) electrons. The number of ether oxygens (including phenoxy) is 5. The second-order valence-corrected chi connectivity index (χ2v) is 10.6. The number of carbonyl (C=O) groups excluding carboxylic acids is 5. The molecule has 0 saturated carbocycles. The summed E-state index contributed by atoms with van der Waals surface area (Å²) < 4.78 is 54.8. The zero-order valence-corrected chi connectivity index (χ0v) is 25.5. The van der Waals surface area contributed by atoms with Gasteiger partial charge in [-0.1, -0.05) is 63.2 Å². The molecule has 246 valence electrons. The summed E-state index contributed by atoms with van der Waals surface area (Å²) in [5, 5.41) is 10.4. The fourth-order valence-electron chi connectivity index (χ4n) is 2.72. The molecule has 0 aliphatic rings. The third kappa shape index (κ3) is 17.1. The molecule has 0 amide bonds. The third-order valence-corrected chi connectivity index (χ3v) is 5.86. The van der Waals surface area contributed by atoms with Crippen molar-refractivity contribution in [3.63, 3.8) is 0 Å². The van der Waals surface area contributed by atoms with Gasteiger partial charge in [0.1, 0.15) is 44.6 Å². The Morgan fingerprint density at radius 3 is 1.60 bits per heavy atom. The quantitative estimate of drug-likeness (QED) is 0.104. The molecule has 1 aromatic carbocycles. The maximum absolute atomic E-state index is 12.5. The molecule has 0 fully saturated rings. The maximum Gasteiger partial charge on any atom is 0.336 e. The first-order chi connectivity index (χ1) is 21.0. The minimum atomic E-state index is -4.30. The molecule has 0 spiro atoms. The predicted molar refractivity (Wildman–Crippen MR) is 158 cm³/mol. The minimum absolute atomic E-state index is 0.165. The van der Waals surface area contributed by atoms with E-state index in [1.54, 1.807) is 30.3 Å². The predicted octanol–water partition coefficient (Wildman–Crippen LogP) is 1.64. The monoisotopic (exact) mass is 651 g/mol. The number of hydrogen-bond donors (Lipinski definition) is 1. The van der Waals surface area contributed by atoms with Gasteiger partial charge in [0.2, 0.25) is 0 Å². The summed E-state index contributed by atoms with van der Waals surface area (Å²) in [6.45, 7) is 15.8. The molecule has 1 rings (SSSR count). The topological polar surface area (TPSA) is 209 Å². The number of aliphatic hydroxyl groups excluding tert-OH is 1. The number of esters is 5. The number of carbonyl (C=O) groups is 5. The second-order valence-electron chi connectivity index (χ2n) is 9.03. The van der Waals surface area contributed by atoms with Gasteiger partial charge in [-0.2, -0.15) is 0 Å². The Morgan fingerprint density at radius 2 is 1.22 bits per heavy atom. The Hall–Kier alpha value is -4.86. The normalized spacial score (nSPS) is 11.2. The molecule has 0 aliphatic heterocycles. The number of benzene rings is 1. The van der Waals surface area contributed by atoms with E-state index in [1.807, 2.05) is 0 Å². The van der Waals surface area contributed by atoms with E-state index in [2.05, 4.69) is 37.6 Å². The van der Waals surface area contributed by atoms with E-state index in [4.69, 9.17) is 18.9 Å². The zero-order chi connectivity index (χ0) is 34.6. The molecule has 15 heteroatoms. The molecule has 45 heavy (non-hydrogen) atoms. The molecule has 0 aromatic heterocycles. The maximum atomic E-state index is 12.5. The van der Waals surface area contributed by atoms with Crippen LogP contribution in [0.1, 0.15) is 18.6 Å². The Balaban J connectivity index is 0.00000136. The Labute approximate surface area is 261 Å². The van der Waals surface area contributed by atoms with Gasteiger partial charge in [0.25, 0.3) is 0 Å². The molecule has 0 bridgehead atoms. The third-order valence-electron chi connectivity index (χ3n) is 5.19. The van der Waals surface area contributed by atoms with E-state index < -0.39 is 90.3 Å². The molecule has 1 atom stereocenters. The lowest BCUT2D eigenvalue weighted by Crippen LogP contribution is -2.43. The minimum Gasteiger partial charge on any atom is -0.748 e. The average molecular weight is 652 g/mol. The average Bonchev–Trinajstić information content (AvgIpc) is 3.02. The summed E-state index contributed by atoms with van der Waals surface area (Å²) in [5.41, 5.74) is -1.16. The first-order valence-electron chi connectivity index (χ1n) is 12.7. The van der Waals surface area contributed by atoms with Crippen LogP contribution in [0.15, 0.2) is 92.6 Å². The van der Waals surface area contributed by atoms with Crippen LogP contribution in [0.25, 0.3) is 0 Å². The van der Waals surface area contributed by atoms with Gasteiger partial charge >= 0.3 is 29.8 Å². The van der Waals surface area contributed by atoms with Gasteiger partial charge < -0.3 is 33.3 Å². The van der Waals surface area contributed by atoms with E-state index in [0.717, 1.165) is 18.2 Å². The summed E-state index contributed by atoms with van der Waals surface area (Å²) in [4.78, 5) is 57.9. The lowest BCUT2D eigenvalue weighted by atomic mass is 9.92. The summed E-state index contributed by atoms with van der Waals surface area (Å²) in [6, 6.07) is 8.30. The van der Waals surface area contributed by atoms with Crippen molar-refractivity contribution in [2.45, 2.75) is 13.0 Å². The summed E-state index contributed by atoms with van der Waals surface area (Å²) in [5.74, 6) is -4.78. The van der Waals surface area contributed by atoms with E-state index in [0.29, 0.717) is 5.56 Å². The molecule has 1 unspecified atom stereocenters. The zero-order valence-electron chi connectivity index (χ0n) is 24.6. The molecule has 14 nitrogen and oxygen atoms in total. The van der Waals surface area contributed by atoms with Crippen LogP contribution in [0.3, 0.4) is 0 Å². The van der Waals surface area contributed by atoms with Gasteiger partial charge in [-0.15, -0.1) is 0 Å². The van der Waals surface area contributed by atoms with Gasteiger partial charge in [-0.25, -0.2) is 32.4 Å². The molecular weight excluding hydrogens is 616 g/mol. The lowest BCUT2D eigenvalue weighted by molar-refractivity contribution is -0.165. The van der Waals surface area contributed by atoms with Crippen LogP contribution in [-0.4, -0.2) is 86.7 Å². The van der Waals surface area contributed by atoms with Crippen LogP contribution in [-0.2, 0) is 57.8 Å². The highest BCUT2D eigenvalue weighted by molar-refractivity contribution is 7.85. The van der Waals surface area contributed by atoms with Crippen molar-refractivity contribution < 1.29 is 65.7 Å². The molecule has 0 aliphatic carbocycles. The molecule has 0 saturated heterocycles. The number of aliphatic hydroxyl groups is 1. The van der Waals surface area contributed by atoms with E-state index in [-0.39, 0.29) is 11.1 Å². The van der Waals surface area contributed by atoms with E-state index >= 15 is 0 Å². The van der Waals surface area contributed by atoms with Crippen LogP contribution in [0.4, 0.5) is 0 Å². The highest BCUT2D eigenvalue weighted by Crippen LogP contribution is 2.25. The Bertz CT molecular complexity index is 1300. The fraction of sp³-hybridized carbons (Fsp3) is 0.300. The standard InChI is InChI=1S/C24H26O9.C6H10O5S/c1-5-19(25)30-13-24(14-31-20(26)6-2,15-32-21(27)7-3)16-33-23(29)17(4)22(28)18-11-9-8-10-12-18;1-5(2)6(7)11-3-4-12(8,9)10/h5-12,22,28H,1-4,13-16H2;1,3-4H2,2H3,(H,8,9,10)/p-1. The first-order valence-corrected chi connectivity index (χ1v) is 14.3. The van der Waals surface area contributed by atoms with Crippen molar-refractivity contribution in [2.24, 2.45) is 5.41 Å². The molecular formula is C30H35O14S-. The highest BCUT2D eigenvalue weighted by Gasteiger charge is 2.38. The van der Waals surface area contributed by atoms with Crippen LogP contribution in [0.5, 0.6) is 0 Å². The van der Waals surface area contributed by atoms with Gasteiger partial charge in [0.15, 0.2) is 0 Å². The number of rotatable bonds is 18. The van der Waals surface area contributed by atoms with Gasteiger partial charge in [-0.05, 0) is 12.5 Å². The molecule has 1 N–H and O–H groups in total. The van der Waals surface area contributed by atoms with Crippen LogP contribution in [0, 0.1) is 5.41 Å². The van der Waals surface area contributed by atoms with Crippen molar-refractivity contribution >= 4 is 40.0 Å². The summed E-state index contributed by atoms with van der Waals surface area (Å²) in [7, 11) is -4.30. The summed E-state index contributed by atoms with van der Waals surface area (Å²) >= 11 is 0. The Kier molecular flexibility index (Phi) is 18.0. The van der Waals surface area contributed by atoms with Crippen molar-refractivity contribution in [1.82, 2.24) is 0 Å². The van der Waals surface area contributed by atoms with Crippen LogP contribution in [0.2, 0.25) is 0 Å². The van der Waals surface area contributed by atoms with Crippen molar-refractivity contribution in [3.05, 3.63) is 98.2 Å². The molecule has 0 heterocycles. The fourth-order valence-corrected chi connectivity index (χ4v) is 3.01. The van der Waals surface area contributed by atoms with Crippen LogP contribution >= 0.6 is 0 Å². The SMILES string of the molecule is C=C(C)C(=O)OCCS(=O)(=O)[O-].C=CC(=O)OCC(COC(=O)C=C)(COC(=O)C=C)COC(=O)C(=C)C(O)c1ccccc1. The van der Waals surface area contributed by atoms with E-state index in [9.17, 15) is 42.0 Å². The lowest BCUT2D eigenvalue weighted by Gasteiger charge is -2.31. The Morgan fingerprint density at radius 1 is 0.800 bits per heavy atom. The first kappa shape index (κ1) is 40.1. The molecule has 1 aromatic rings. The van der Waals surface area contributed by atoms with Crippen molar-refractivity contribution in [3.8, 4) is 0 Å². The van der Waals surface area contributed by atoms with Crippen molar-refractivity contribution in [2.75, 3.05) is 38.8 Å². The van der Waals surface area contributed by atoms with Gasteiger partial charge in [0.05, 0.1) is 21.4 Å². The smallest absolute Gasteiger partial charge is 0.336 e. The highest BCUT2D eigenvalue weighted by atomic mass is 32.2. The van der Waals surface area contributed by atoms with Gasteiger partial charge in [-0.3, -0.25) is 0 Å². The van der Waals surface area contributed by atoms with Crippen molar-refractivity contribution in [1.29, 1.82) is 0 Å². The largest absolute Gasteiger partial charge is 0.748 e.